The van der Waals surface area contributed by atoms with Gasteiger partial charge in [-0.05, 0) is 85.3 Å². The summed E-state index contributed by atoms with van der Waals surface area (Å²) in [6, 6.07) is 4.38. The van der Waals surface area contributed by atoms with Gasteiger partial charge in [0, 0.05) is 53.4 Å². The summed E-state index contributed by atoms with van der Waals surface area (Å²) < 4.78 is 1.90. The number of nitrogens with zero attached hydrogens (tertiary/aromatic N) is 4. The van der Waals surface area contributed by atoms with Gasteiger partial charge >= 0.3 is 0 Å². The Morgan fingerprint density at radius 3 is 2.74 bits per heavy atom. The zero-order chi connectivity index (χ0) is 26.3. The average Bonchev–Trinajstić information content (AvgIpc) is 3.68. The van der Waals surface area contributed by atoms with Crippen molar-refractivity contribution in [2.45, 2.75) is 71.9 Å². The van der Waals surface area contributed by atoms with Gasteiger partial charge in [0.15, 0.2) is 5.65 Å². The van der Waals surface area contributed by atoms with Gasteiger partial charge in [-0.2, -0.15) is 5.10 Å². The highest BCUT2D eigenvalue weighted by Gasteiger charge is 2.46. The molecule has 5 aromatic rings. The molecule has 196 valence electrons. The molecule has 0 spiro atoms. The number of thiophene rings is 1. The van der Waals surface area contributed by atoms with Crippen molar-refractivity contribution < 1.29 is 0 Å². The lowest BCUT2D eigenvalue weighted by atomic mass is 9.88. The molecule has 7 rings (SSSR count). The van der Waals surface area contributed by atoms with E-state index in [1.165, 1.54) is 56.6 Å². The fourth-order valence-electron chi connectivity index (χ4n) is 7.23. The molecule has 5 aromatic heterocycles. The van der Waals surface area contributed by atoms with Crippen molar-refractivity contribution in [2.24, 2.45) is 5.92 Å². The Bertz CT molecular complexity index is 1750. The van der Waals surface area contributed by atoms with Crippen LogP contribution in [0, 0.1) is 26.7 Å². The fourth-order valence-corrected chi connectivity index (χ4v) is 8.66. The van der Waals surface area contributed by atoms with Gasteiger partial charge < -0.3 is 9.97 Å². The summed E-state index contributed by atoms with van der Waals surface area (Å²) in [5, 5.41) is 5.86. The molecule has 38 heavy (non-hydrogen) atoms. The zero-order valence-electron chi connectivity index (χ0n) is 22.6. The van der Waals surface area contributed by atoms with Crippen molar-refractivity contribution in [3.8, 4) is 11.3 Å². The monoisotopic (exact) mass is 526 g/mol. The van der Waals surface area contributed by atoms with Crippen LogP contribution in [0.5, 0.6) is 0 Å². The van der Waals surface area contributed by atoms with Gasteiger partial charge in [-0.1, -0.05) is 13.8 Å². The molecule has 2 bridgehead atoms. The van der Waals surface area contributed by atoms with Crippen LogP contribution in [0.2, 0.25) is 0 Å². The molecule has 8 heteroatoms. The zero-order valence-corrected chi connectivity index (χ0v) is 23.4. The van der Waals surface area contributed by atoms with Crippen molar-refractivity contribution in [1.29, 1.82) is 0 Å². The van der Waals surface area contributed by atoms with E-state index >= 15 is 0 Å². The third-order valence-corrected chi connectivity index (χ3v) is 10.5. The predicted molar refractivity (Wildman–Crippen MR) is 153 cm³/mol. The van der Waals surface area contributed by atoms with Gasteiger partial charge in [0.05, 0.1) is 5.69 Å². The van der Waals surface area contributed by atoms with Gasteiger partial charge in [0.25, 0.3) is 0 Å². The molecular formula is C30H34N6OS. The smallest absolute Gasteiger partial charge is 0.248 e. The summed E-state index contributed by atoms with van der Waals surface area (Å²) in [5.41, 5.74) is 9.78. The second-order valence-corrected chi connectivity index (χ2v) is 12.7. The van der Waals surface area contributed by atoms with Crippen molar-refractivity contribution >= 4 is 27.2 Å². The molecule has 0 amide bonds. The summed E-state index contributed by atoms with van der Waals surface area (Å²) in [5.74, 6) is 1.71. The van der Waals surface area contributed by atoms with Crippen LogP contribution >= 0.6 is 11.3 Å². The number of fused-ring (bicyclic) bond motifs is 4. The Morgan fingerprint density at radius 1 is 1.16 bits per heavy atom. The van der Waals surface area contributed by atoms with Crippen LogP contribution in [-0.4, -0.2) is 42.1 Å². The highest BCUT2D eigenvalue weighted by Crippen LogP contribution is 2.53. The van der Waals surface area contributed by atoms with Gasteiger partial charge in [0.1, 0.15) is 11.2 Å². The van der Waals surface area contributed by atoms with E-state index in [0.717, 1.165) is 24.3 Å². The molecule has 3 atom stereocenters. The highest BCUT2D eigenvalue weighted by molar-refractivity contribution is 7.19. The van der Waals surface area contributed by atoms with E-state index < -0.39 is 0 Å². The van der Waals surface area contributed by atoms with Crippen LogP contribution in [0.15, 0.2) is 35.6 Å². The summed E-state index contributed by atoms with van der Waals surface area (Å²) in [7, 11) is 0. The van der Waals surface area contributed by atoms with Gasteiger partial charge in [-0.15, -0.1) is 11.3 Å². The van der Waals surface area contributed by atoms with Crippen LogP contribution in [0.1, 0.15) is 71.2 Å². The maximum atomic E-state index is 11.7. The van der Waals surface area contributed by atoms with Gasteiger partial charge in [-0.3, -0.25) is 9.69 Å². The van der Waals surface area contributed by atoms with Crippen LogP contribution in [0.4, 0.5) is 0 Å². The first-order chi connectivity index (χ1) is 18.3. The Hall–Kier alpha value is -3.23. The molecule has 2 unspecified atom stereocenters. The number of likely N-dealkylation sites (tertiary alicyclic amines) is 1. The van der Waals surface area contributed by atoms with Crippen LogP contribution < -0.4 is 5.56 Å². The normalized spacial score (nSPS) is 21.6. The summed E-state index contributed by atoms with van der Waals surface area (Å²) in [6.07, 6.45) is 8.00. The van der Waals surface area contributed by atoms with E-state index in [1.807, 2.05) is 21.9 Å². The highest BCUT2D eigenvalue weighted by atomic mass is 32.1. The molecule has 0 radical (unpaired) electrons. The Labute approximate surface area is 225 Å². The molecule has 0 aromatic carbocycles. The molecule has 6 heterocycles. The van der Waals surface area contributed by atoms with E-state index in [2.05, 4.69) is 65.8 Å². The molecule has 1 aliphatic heterocycles. The summed E-state index contributed by atoms with van der Waals surface area (Å²) in [4.78, 5) is 28.3. The molecule has 2 fully saturated rings. The number of hydrogen-bond acceptors (Lipinski definition) is 5. The third-order valence-electron chi connectivity index (χ3n) is 9.15. The molecule has 2 N–H and O–H groups in total. The minimum Gasteiger partial charge on any atom is -0.346 e. The molecular weight excluding hydrogens is 492 g/mol. The van der Waals surface area contributed by atoms with Crippen LogP contribution in [-0.2, 0) is 6.54 Å². The Balaban J connectivity index is 1.23. The third kappa shape index (κ3) is 3.53. The minimum atomic E-state index is -0.0131. The summed E-state index contributed by atoms with van der Waals surface area (Å²) >= 11 is 1.98. The molecule has 1 saturated carbocycles. The lowest BCUT2D eigenvalue weighted by Gasteiger charge is -2.31. The maximum absolute atomic E-state index is 11.7. The lowest BCUT2D eigenvalue weighted by molar-refractivity contribution is 0.192. The number of hydrogen-bond donors (Lipinski definition) is 2. The first kappa shape index (κ1) is 23.9. The van der Waals surface area contributed by atoms with E-state index in [-0.39, 0.29) is 5.56 Å². The number of piperidine rings is 1. The minimum absolute atomic E-state index is 0.0131. The van der Waals surface area contributed by atoms with E-state index in [4.69, 9.17) is 0 Å². The lowest BCUT2D eigenvalue weighted by Crippen LogP contribution is -2.34. The van der Waals surface area contributed by atoms with Crippen molar-refractivity contribution in [3.63, 3.8) is 0 Å². The van der Waals surface area contributed by atoms with E-state index in [0.29, 0.717) is 23.8 Å². The molecule has 1 saturated heterocycles. The van der Waals surface area contributed by atoms with Gasteiger partial charge in [0.2, 0.25) is 5.56 Å². The second kappa shape index (κ2) is 8.64. The number of nitrogens with one attached hydrogen (secondary N) is 2. The van der Waals surface area contributed by atoms with Crippen molar-refractivity contribution in [1.82, 2.24) is 29.5 Å². The van der Waals surface area contributed by atoms with Crippen molar-refractivity contribution in [2.75, 3.05) is 6.54 Å². The number of aromatic nitrogens is 5. The number of aryl methyl sites for hydroxylation is 2. The second-order valence-electron chi connectivity index (χ2n) is 11.7. The predicted octanol–water partition coefficient (Wildman–Crippen LogP) is 6.05. The standard InChI is InChI=1S/C30H34N6OS/c1-15(2)25-26-18(5)28(22-10-21-9-20(22)12-35(21)11-19-6-7-31-24(37)8-19)38-30(26)34-27(25)23-13-36-29(32-14-33-36)17(4)16(23)3/h6-8,13-15,20-22,34H,9-12H2,1-5H3,(H,31,37)/t20?,21?,22-/m1/s1. The first-order valence-electron chi connectivity index (χ1n) is 13.7. The van der Waals surface area contributed by atoms with Crippen LogP contribution in [0.3, 0.4) is 0 Å². The average molecular weight is 527 g/mol. The first-order valence-corrected chi connectivity index (χ1v) is 14.5. The fraction of sp³-hybridized carbons (Fsp3) is 0.433. The van der Waals surface area contributed by atoms with Crippen molar-refractivity contribution in [3.05, 3.63) is 73.9 Å². The Kier molecular flexibility index (Phi) is 5.43. The quantitative estimate of drug-likeness (QED) is 0.292. The Morgan fingerprint density at radius 2 is 2.00 bits per heavy atom. The van der Waals surface area contributed by atoms with Gasteiger partial charge in [-0.25, -0.2) is 9.50 Å². The topological polar surface area (TPSA) is 82.1 Å². The largest absolute Gasteiger partial charge is 0.346 e. The number of H-pyrrole nitrogens is 2. The number of rotatable bonds is 5. The van der Waals surface area contributed by atoms with E-state index in [1.54, 1.807) is 23.5 Å². The number of aromatic amines is 2. The molecule has 1 aliphatic carbocycles. The van der Waals surface area contributed by atoms with Crippen LogP contribution in [0.25, 0.3) is 27.1 Å². The number of pyridine rings is 2. The molecule has 7 nitrogen and oxygen atoms in total. The maximum Gasteiger partial charge on any atom is 0.248 e. The van der Waals surface area contributed by atoms with E-state index in [9.17, 15) is 4.79 Å². The SMILES string of the molecule is Cc1c(-c2[nH]c3sc([C@@H]4CC5CC4CN5Cc4cc[nH]c(=O)c4)c(C)c3c2C(C)C)cn2ncnc2c1C. The molecule has 2 aliphatic rings. The summed E-state index contributed by atoms with van der Waals surface area (Å²) in [6.45, 7) is 13.3.